The first kappa shape index (κ1) is 24.8. The second kappa shape index (κ2) is 10.6. The third kappa shape index (κ3) is 4.90. The van der Waals surface area contributed by atoms with E-state index in [1.807, 2.05) is 60.9 Å². The molecule has 0 aliphatic carbocycles. The minimum Gasteiger partial charge on any atom is -0.508 e. The van der Waals surface area contributed by atoms with Gasteiger partial charge in [-0.2, -0.15) is 0 Å². The predicted octanol–water partition coefficient (Wildman–Crippen LogP) is 4.36. The van der Waals surface area contributed by atoms with Crippen LogP contribution >= 0.6 is 23.1 Å². The number of thiazole rings is 1. The lowest BCUT2D eigenvalue weighted by molar-refractivity contribution is -0.138. The number of hydrogen-bond donors (Lipinski definition) is 1. The highest BCUT2D eigenvalue weighted by Gasteiger charge is 2.35. The Morgan fingerprint density at radius 1 is 1.08 bits per heavy atom. The summed E-state index contributed by atoms with van der Waals surface area (Å²) in [4.78, 5) is 33.7. The van der Waals surface area contributed by atoms with E-state index in [4.69, 9.17) is 9.73 Å². The van der Waals surface area contributed by atoms with Gasteiger partial charge in [-0.15, -0.1) is 11.8 Å². The van der Waals surface area contributed by atoms with E-state index in [9.17, 15) is 14.7 Å². The molecule has 3 aromatic carbocycles. The SMILES string of the molecule is CCOC(=O)C1=C(c2ccccc2)N=c2s/c(=C\c3ccc(O)cc3)c(=O)n2[C@H]1c1ccc(SC)cc1. The number of aromatic nitrogens is 1. The maximum absolute atomic E-state index is 13.8. The van der Waals surface area contributed by atoms with Gasteiger partial charge in [-0.1, -0.05) is 65.9 Å². The average Bonchev–Trinajstić information content (AvgIpc) is 3.24. The summed E-state index contributed by atoms with van der Waals surface area (Å²) in [6.07, 6.45) is 3.77. The van der Waals surface area contributed by atoms with Crippen molar-refractivity contribution in [3.8, 4) is 5.75 Å². The lowest BCUT2D eigenvalue weighted by Crippen LogP contribution is -2.40. The van der Waals surface area contributed by atoms with Gasteiger partial charge >= 0.3 is 5.97 Å². The van der Waals surface area contributed by atoms with E-state index in [2.05, 4.69) is 0 Å². The zero-order chi connectivity index (χ0) is 25.9. The molecule has 0 unspecified atom stereocenters. The van der Waals surface area contributed by atoms with Crippen LogP contribution in [0.5, 0.6) is 5.75 Å². The van der Waals surface area contributed by atoms with E-state index in [1.54, 1.807) is 53.6 Å². The lowest BCUT2D eigenvalue weighted by Gasteiger charge is -2.26. The highest BCUT2D eigenvalue weighted by molar-refractivity contribution is 7.98. The minimum atomic E-state index is -0.705. The second-order valence-corrected chi connectivity index (χ2v) is 10.2. The maximum Gasteiger partial charge on any atom is 0.338 e. The van der Waals surface area contributed by atoms with Gasteiger partial charge in [0.1, 0.15) is 5.75 Å². The van der Waals surface area contributed by atoms with Gasteiger partial charge < -0.3 is 9.84 Å². The molecule has 1 aromatic heterocycles. The fraction of sp³-hybridized carbons (Fsp3) is 0.138. The van der Waals surface area contributed by atoms with Crippen LogP contribution in [-0.2, 0) is 9.53 Å². The number of phenols is 1. The van der Waals surface area contributed by atoms with Crippen LogP contribution in [-0.4, -0.2) is 28.5 Å². The van der Waals surface area contributed by atoms with Crippen molar-refractivity contribution >= 4 is 40.8 Å². The molecule has 1 atom stereocenters. The van der Waals surface area contributed by atoms with Gasteiger partial charge in [0.15, 0.2) is 4.80 Å². The van der Waals surface area contributed by atoms with E-state index >= 15 is 0 Å². The van der Waals surface area contributed by atoms with Crippen LogP contribution in [0.4, 0.5) is 0 Å². The number of aromatic hydroxyl groups is 1. The zero-order valence-corrected chi connectivity index (χ0v) is 21.9. The Morgan fingerprint density at radius 2 is 1.78 bits per heavy atom. The molecule has 0 spiro atoms. The molecule has 0 fully saturated rings. The van der Waals surface area contributed by atoms with Gasteiger partial charge in [-0.25, -0.2) is 9.79 Å². The number of esters is 1. The zero-order valence-electron chi connectivity index (χ0n) is 20.3. The molecule has 8 heteroatoms. The molecule has 4 aromatic rings. The summed E-state index contributed by atoms with van der Waals surface area (Å²) in [6.45, 7) is 1.96. The van der Waals surface area contributed by atoms with Crippen LogP contribution in [0, 0.1) is 0 Å². The van der Waals surface area contributed by atoms with Gasteiger partial charge in [0.05, 0.1) is 28.5 Å². The van der Waals surface area contributed by atoms with Crippen LogP contribution < -0.4 is 14.9 Å². The monoisotopic (exact) mass is 528 g/mol. The molecule has 2 heterocycles. The molecule has 5 rings (SSSR count). The van der Waals surface area contributed by atoms with Crippen LogP contribution in [0.15, 0.2) is 99.1 Å². The van der Waals surface area contributed by atoms with Crippen molar-refractivity contribution < 1.29 is 14.6 Å². The number of benzene rings is 3. The second-order valence-electron chi connectivity index (χ2n) is 8.30. The van der Waals surface area contributed by atoms with Crippen molar-refractivity contribution in [1.29, 1.82) is 0 Å². The van der Waals surface area contributed by atoms with E-state index in [0.717, 1.165) is 21.6 Å². The maximum atomic E-state index is 13.8. The van der Waals surface area contributed by atoms with E-state index < -0.39 is 12.0 Å². The van der Waals surface area contributed by atoms with E-state index in [1.165, 1.54) is 11.3 Å². The molecule has 0 amide bonds. The number of ether oxygens (including phenoxy) is 1. The number of thioether (sulfide) groups is 1. The highest BCUT2D eigenvalue weighted by atomic mass is 32.2. The standard InChI is InChI=1S/C29H24N2O4S2/c1-3-35-28(34)24-25(19-7-5-4-6-8-19)30-29-31(26(24)20-11-15-22(36-2)16-12-20)27(33)23(37-29)17-18-9-13-21(32)14-10-18/h4-17,26,32H,3H2,1-2H3/b23-17-/t26-/m0/s1. The summed E-state index contributed by atoms with van der Waals surface area (Å²) in [5, 5.41) is 9.63. The molecule has 0 bridgehead atoms. The average molecular weight is 529 g/mol. The van der Waals surface area contributed by atoms with Crippen molar-refractivity contribution in [2.24, 2.45) is 4.99 Å². The molecular weight excluding hydrogens is 504 g/mol. The first-order valence-corrected chi connectivity index (χ1v) is 13.8. The van der Waals surface area contributed by atoms with Gasteiger partial charge in [0.25, 0.3) is 5.56 Å². The van der Waals surface area contributed by atoms with Crippen LogP contribution in [0.2, 0.25) is 0 Å². The van der Waals surface area contributed by atoms with Crippen LogP contribution in [0.3, 0.4) is 0 Å². The number of carbonyl (C=O) groups is 1. The number of nitrogens with zero attached hydrogens (tertiary/aromatic N) is 2. The Balaban J connectivity index is 1.81. The topological polar surface area (TPSA) is 80.9 Å². The van der Waals surface area contributed by atoms with Crippen molar-refractivity contribution in [3.63, 3.8) is 0 Å². The number of carbonyl (C=O) groups excluding carboxylic acids is 1. The molecule has 0 saturated carbocycles. The highest BCUT2D eigenvalue weighted by Crippen LogP contribution is 2.35. The largest absolute Gasteiger partial charge is 0.508 e. The normalized spacial score (nSPS) is 15.3. The number of fused-ring (bicyclic) bond motifs is 1. The fourth-order valence-electron chi connectivity index (χ4n) is 4.26. The molecule has 0 radical (unpaired) electrons. The predicted molar refractivity (Wildman–Crippen MR) is 147 cm³/mol. The third-order valence-electron chi connectivity index (χ3n) is 6.00. The van der Waals surface area contributed by atoms with Crippen molar-refractivity contribution in [1.82, 2.24) is 4.57 Å². The van der Waals surface area contributed by atoms with Gasteiger partial charge in [0.2, 0.25) is 0 Å². The lowest BCUT2D eigenvalue weighted by atomic mass is 9.93. The molecule has 1 aliphatic rings. The van der Waals surface area contributed by atoms with Crippen molar-refractivity contribution in [2.75, 3.05) is 12.9 Å². The third-order valence-corrected chi connectivity index (χ3v) is 7.72. The quantitative estimate of drug-likeness (QED) is 0.297. The molecule has 37 heavy (non-hydrogen) atoms. The Labute approximate surface area is 221 Å². The minimum absolute atomic E-state index is 0.152. The van der Waals surface area contributed by atoms with Gasteiger partial charge in [-0.05, 0) is 54.6 Å². The Hall–Kier alpha value is -3.88. The number of hydrogen-bond acceptors (Lipinski definition) is 7. The smallest absolute Gasteiger partial charge is 0.338 e. The number of phenolic OH excluding ortho intramolecular Hbond substituents is 1. The van der Waals surface area contributed by atoms with Gasteiger partial charge in [-0.3, -0.25) is 9.36 Å². The van der Waals surface area contributed by atoms with Crippen LogP contribution in [0.1, 0.15) is 29.7 Å². The summed E-state index contributed by atoms with van der Waals surface area (Å²) < 4.78 is 7.56. The summed E-state index contributed by atoms with van der Waals surface area (Å²) >= 11 is 2.89. The molecule has 6 nitrogen and oxygen atoms in total. The number of rotatable bonds is 6. The summed E-state index contributed by atoms with van der Waals surface area (Å²) in [7, 11) is 0. The van der Waals surface area contributed by atoms with Crippen LogP contribution in [0.25, 0.3) is 11.8 Å². The summed E-state index contributed by atoms with van der Waals surface area (Å²) in [6, 6.07) is 23.3. The molecule has 1 aliphatic heterocycles. The molecular formula is C29H24N2O4S2. The Kier molecular flexibility index (Phi) is 7.12. The first-order valence-electron chi connectivity index (χ1n) is 11.7. The molecule has 1 N–H and O–H groups in total. The molecule has 186 valence electrons. The summed E-state index contributed by atoms with van der Waals surface area (Å²) in [5.74, 6) is -0.351. The Morgan fingerprint density at radius 3 is 2.43 bits per heavy atom. The van der Waals surface area contributed by atoms with E-state index in [0.29, 0.717) is 20.6 Å². The first-order chi connectivity index (χ1) is 18.0. The van der Waals surface area contributed by atoms with Crippen molar-refractivity contribution in [3.05, 3.63) is 121 Å². The fourth-order valence-corrected chi connectivity index (χ4v) is 5.67. The van der Waals surface area contributed by atoms with E-state index in [-0.39, 0.29) is 17.9 Å². The Bertz CT molecular complexity index is 1650. The molecule has 0 saturated heterocycles. The summed E-state index contributed by atoms with van der Waals surface area (Å²) in [5.41, 5.74) is 2.92. The van der Waals surface area contributed by atoms with Gasteiger partial charge in [0, 0.05) is 10.5 Å². The van der Waals surface area contributed by atoms with Crippen molar-refractivity contribution in [2.45, 2.75) is 17.9 Å².